The van der Waals surface area contributed by atoms with Crippen LogP contribution in [0.5, 0.6) is 10.9 Å². The first-order chi connectivity index (χ1) is 10.5. The second-order valence-corrected chi connectivity index (χ2v) is 6.13. The van der Waals surface area contributed by atoms with Gasteiger partial charge in [-0.05, 0) is 42.1 Å². The van der Waals surface area contributed by atoms with Crippen molar-refractivity contribution in [2.75, 3.05) is 0 Å². The molecule has 2 heterocycles. The van der Waals surface area contributed by atoms with Crippen LogP contribution >= 0.6 is 11.3 Å². The predicted molar refractivity (Wildman–Crippen MR) is 86.1 cm³/mol. The van der Waals surface area contributed by atoms with Gasteiger partial charge in [-0.15, -0.1) is 0 Å². The van der Waals surface area contributed by atoms with Gasteiger partial charge < -0.3 is 20.1 Å². The van der Waals surface area contributed by atoms with Gasteiger partial charge in [-0.3, -0.25) is 5.41 Å². The van der Waals surface area contributed by atoms with Crippen LogP contribution in [0.1, 0.15) is 35.5 Å². The van der Waals surface area contributed by atoms with E-state index in [1.165, 1.54) is 17.5 Å². The smallest absolute Gasteiger partial charge is 0.431 e. The van der Waals surface area contributed by atoms with Crippen molar-refractivity contribution in [3.8, 4) is 10.9 Å². The number of fused-ring (bicyclic) bond motifs is 1. The van der Waals surface area contributed by atoms with E-state index in [4.69, 9.17) is 20.5 Å². The monoisotopic (exact) mass is 317 g/mol. The lowest BCUT2D eigenvalue weighted by atomic mass is 9.78. The van der Waals surface area contributed by atoms with E-state index in [0.717, 1.165) is 23.0 Å². The number of nitrogens with zero attached hydrogens (tertiary/aromatic N) is 1. The topological polar surface area (TPSA) is 101 Å². The van der Waals surface area contributed by atoms with Crippen LogP contribution < -0.4 is 15.9 Å². The molecule has 0 saturated heterocycles. The molecule has 1 unspecified atom stereocenters. The van der Waals surface area contributed by atoms with Crippen molar-refractivity contribution >= 4 is 29.8 Å². The normalized spacial score (nSPS) is 16.7. The Balaban J connectivity index is 1.91. The van der Waals surface area contributed by atoms with Gasteiger partial charge in [0.25, 0.3) is 5.19 Å². The summed E-state index contributed by atoms with van der Waals surface area (Å²) >= 11 is 1.20. The molecule has 1 aromatic heterocycles. The summed E-state index contributed by atoms with van der Waals surface area (Å²) in [5.74, 6) is 0.548. The van der Waals surface area contributed by atoms with Gasteiger partial charge in [0.15, 0.2) is 0 Å². The minimum Gasteiger partial charge on any atom is -0.431 e. The quantitative estimate of drug-likeness (QED) is 0.452. The van der Waals surface area contributed by atoms with E-state index in [1.807, 2.05) is 19.9 Å². The van der Waals surface area contributed by atoms with Gasteiger partial charge in [0.1, 0.15) is 11.6 Å². The summed E-state index contributed by atoms with van der Waals surface area (Å²) in [6.45, 7) is 3.99. The number of rotatable bonds is 4. The third-order valence-corrected chi connectivity index (χ3v) is 4.51. The van der Waals surface area contributed by atoms with E-state index in [-0.39, 0.29) is 11.9 Å². The standard InChI is InChI=1S/C14H16BN3O3S/c1-3-10-12-7(2)4-8(5-9(12)15(19)21-10)20-14-18-6-11(22-14)13(16)17/h4-6,10,19H,3H2,1-2H3,(H3,16,17). The maximum absolute atomic E-state index is 10.0. The van der Waals surface area contributed by atoms with E-state index >= 15 is 0 Å². The van der Waals surface area contributed by atoms with Crippen LogP contribution in [-0.4, -0.2) is 23.0 Å². The molecule has 2 aromatic rings. The number of benzene rings is 1. The van der Waals surface area contributed by atoms with Crippen molar-refractivity contribution in [2.45, 2.75) is 26.4 Å². The number of amidine groups is 1. The highest BCUT2D eigenvalue weighted by Gasteiger charge is 2.35. The molecule has 1 aliphatic heterocycles. The Bertz CT molecular complexity index is 734. The maximum atomic E-state index is 10.0. The van der Waals surface area contributed by atoms with E-state index in [0.29, 0.717) is 15.8 Å². The Morgan fingerprint density at radius 1 is 1.59 bits per heavy atom. The minimum absolute atomic E-state index is 0.0351. The molecule has 22 heavy (non-hydrogen) atoms. The molecular formula is C14H16BN3O3S. The minimum atomic E-state index is -0.925. The van der Waals surface area contributed by atoms with E-state index in [2.05, 4.69) is 4.98 Å². The number of hydrogen-bond donors (Lipinski definition) is 3. The number of aromatic nitrogens is 1. The van der Waals surface area contributed by atoms with Crippen molar-refractivity contribution in [3.05, 3.63) is 34.3 Å². The first kappa shape index (κ1) is 15.0. The molecule has 0 fully saturated rings. The molecule has 6 nitrogen and oxygen atoms in total. The molecule has 0 amide bonds. The highest BCUT2D eigenvalue weighted by Crippen LogP contribution is 2.33. The summed E-state index contributed by atoms with van der Waals surface area (Å²) in [5, 5.41) is 17.8. The molecule has 1 aliphatic rings. The van der Waals surface area contributed by atoms with Gasteiger partial charge in [-0.25, -0.2) is 4.98 Å². The van der Waals surface area contributed by atoms with E-state index < -0.39 is 7.12 Å². The van der Waals surface area contributed by atoms with Gasteiger partial charge in [0.05, 0.1) is 17.2 Å². The van der Waals surface area contributed by atoms with Crippen molar-refractivity contribution in [1.29, 1.82) is 5.41 Å². The SMILES string of the molecule is CCC1OB(O)c2cc(Oc3ncc(C(=N)N)s3)cc(C)c21. The average Bonchev–Trinajstić information content (AvgIpc) is 3.04. The lowest BCUT2D eigenvalue weighted by Gasteiger charge is -2.12. The molecule has 0 radical (unpaired) electrons. The Morgan fingerprint density at radius 2 is 2.36 bits per heavy atom. The lowest BCUT2D eigenvalue weighted by molar-refractivity contribution is 0.186. The summed E-state index contributed by atoms with van der Waals surface area (Å²) in [6, 6.07) is 3.68. The molecule has 114 valence electrons. The first-order valence-electron chi connectivity index (χ1n) is 6.95. The Kier molecular flexibility index (Phi) is 3.90. The molecule has 4 N–H and O–H groups in total. The fraction of sp³-hybridized carbons (Fsp3) is 0.286. The molecule has 0 bridgehead atoms. The number of ether oxygens (including phenoxy) is 1. The Hall–Kier alpha value is -1.90. The number of aryl methyl sites for hydroxylation is 1. The van der Waals surface area contributed by atoms with Crippen LogP contribution in [0.2, 0.25) is 0 Å². The highest BCUT2D eigenvalue weighted by atomic mass is 32.1. The fourth-order valence-corrected chi connectivity index (χ4v) is 3.27. The predicted octanol–water partition coefficient (Wildman–Crippen LogP) is 1.70. The average molecular weight is 317 g/mol. The second-order valence-electron chi connectivity index (χ2n) is 5.13. The summed E-state index contributed by atoms with van der Waals surface area (Å²) in [4.78, 5) is 4.65. The third-order valence-electron chi connectivity index (χ3n) is 3.60. The first-order valence-corrected chi connectivity index (χ1v) is 7.77. The zero-order valence-corrected chi connectivity index (χ0v) is 13.1. The van der Waals surface area contributed by atoms with Crippen molar-refractivity contribution in [2.24, 2.45) is 5.73 Å². The summed E-state index contributed by atoms with van der Waals surface area (Å²) in [5.41, 5.74) is 8.20. The van der Waals surface area contributed by atoms with Gasteiger partial charge >= 0.3 is 7.12 Å². The van der Waals surface area contributed by atoms with Gasteiger partial charge in [0.2, 0.25) is 0 Å². The van der Waals surface area contributed by atoms with Crippen LogP contribution in [0, 0.1) is 12.3 Å². The fourth-order valence-electron chi connectivity index (χ4n) is 2.62. The van der Waals surface area contributed by atoms with Crippen LogP contribution in [0.4, 0.5) is 0 Å². The zero-order valence-electron chi connectivity index (χ0n) is 12.3. The van der Waals surface area contributed by atoms with E-state index in [1.54, 1.807) is 6.07 Å². The number of thiazole rings is 1. The van der Waals surface area contributed by atoms with Crippen LogP contribution in [0.15, 0.2) is 18.3 Å². The summed E-state index contributed by atoms with van der Waals surface area (Å²) < 4.78 is 11.3. The van der Waals surface area contributed by atoms with Crippen LogP contribution in [0.25, 0.3) is 0 Å². The van der Waals surface area contributed by atoms with E-state index in [9.17, 15) is 5.02 Å². The van der Waals surface area contributed by atoms with Gasteiger partial charge in [-0.1, -0.05) is 18.3 Å². The Morgan fingerprint density at radius 3 is 3.00 bits per heavy atom. The molecule has 1 aromatic carbocycles. The molecule has 0 saturated carbocycles. The number of nitrogens with two attached hydrogens (primary N) is 1. The molecular weight excluding hydrogens is 301 g/mol. The second kappa shape index (κ2) is 5.71. The van der Waals surface area contributed by atoms with Crippen molar-refractivity contribution < 1.29 is 14.4 Å². The molecule has 8 heteroatoms. The summed E-state index contributed by atoms with van der Waals surface area (Å²) in [6.07, 6.45) is 2.23. The maximum Gasteiger partial charge on any atom is 0.492 e. The van der Waals surface area contributed by atoms with Crippen molar-refractivity contribution in [3.63, 3.8) is 0 Å². The van der Waals surface area contributed by atoms with Crippen LogP contribution in [0.3, 0.4) is 0 Å². The lowest BCUT2D eigenvalue weighted by Crippen LogP contribution is -2.28. The van der Waals surface area contributed by atoms with Crippen molar-refractivity contribution in [1.82, 2.24) is 4.98 Å². The third kappa shape index (κ3) is 2.60. The zero-order chi connectivity index (χ0) is 15.9. The number of hydrogen-bond acceptors (Lipinski definition) is 6. The molecule has 0 spiro atoms. The molecule has 1 atom stereocenters. The van der Waals surface area contributed by atoms with Gasteiger partial charge in [-0.2, -0.15) is 0 Å². The number of nitrogens with one attached hydrogen (secondary N) is 1. The summed E-state index contributed by atoms with van der Waals surface area (Å²) in [7, 11) is -0.925. The highest BCUT2D eigenvalue weighted by molar-refractivity contribution is 7.15. The van der Waals surface area contributed by atoms with Gasteiger partial charge in [0, 0.05) is 0 Å². The largest absolute Gasteiger partial charge is 0.492 e. The molecule has 3 rings (SSSR count). The molecule has 0 aliphatic carbocycles. The Labute approximate surface area is 132 Å². The van der Waals surface area contributed by atoms with Crippen LogP contribution in [-0.2, 0) is 4.65 Å². The number of nitrogen functional groups attached to an aromatic ring is 1.